The van der Waals surface area contributed by atoms with Gasteiger partial charge in [-0.15, -0.1) is 0 Å². The molecule has 0 aliphatic heterocycles. The average molecular weight is 206 g/mol. The van der Waals surface area contributed by atoms with Gasteiger partial charge in [-0.25, -0.2) is 0 Å². The van der Waals surface area contributed by atoms with E-state index in [1.54, 1.807) is 0 Å². The van der Waals surface area contributed by atoms with Gasteiger partial charge in [-0.3, -0.25) is 0 Å². The minimum Gasteiger partial charge on any atom is -0.491 e. The highest BCUT2D eigenvalue weighted by Crippen LogP contribution is 2.26. The highest BCUT2D eigenvalue weighted by atomic mass is 16.5. The van der Waals surface area contributed by atoms with Gasteiger partial charge in [0.1, 0.15) is 5.75 Å². The van der Waals surface area contributed by atoms with E-state index in [2.05, 4.69) is 52.8 Å². The number of benzene rings is 1. The van der Waals surface area contributed by atoms with Crippen LogP contribution in [-0.4, -0.2) is 6.10 Å². The largest absolute Gasteiger partial charge is 0.491 e. The minimum atomic E-state index is 0.189. The standard InChI is InChI=1S/C14H22O/c1-6-11(2)15-13-9-7-8-12(10-13)14(3,4)5/h7-11H,6H2,1-5H3/t11-/m1/s1. The first-order valence-electron chi connectivity index (χ1n) is 5.70. The van der Waals surface area contributed by atoms with Crippen molar-refractivity contribution in [1.82, 2.24) is 0 Å². The van der Waals surface area contributed by atoms with Crippen LogP contribution in [0, 0.1) is 0 Å². The summed E-state index contributed by atoms with van der Waals surface area (Å²) in [5.74, 6) is 0.983. The van der Waals surface area contributed by atoms with Gasteiger partial charge < -0.3 is 4.74 Å². The summed E-state index contributed by atoms with van der Waals surface area (Å²) in [7, 11) is 0. The van der Waals surface area contributed by atoms with Gasteiger partial charge >= 0.3 is 0 Å². The molecule has 1 aromatic rings. The van der Waals surface area contributed by atoms with E-state index >= 15 is 0 Å². The summed E-state index contributed by atoms with van der Waals surface area (Å²) in [6.07, 6.45) is 1.33. The van der Waals surface area contributed by atoms with E-state index in [-0.39, 0.29) is 5.41 Å². The van der Waals surface area contributed by atoms with Gasteiger partial charge in [0.25, 0.3) is 0 Å². The Balaban J connectivity index is 2.84. The molecular formula is C14H22O. The van der Waals surface area contributed by atoms with Crippen LogP contribution in [0.5, 0.6) is 5.75 Å². The van der Waals surface area contributed by atoms with Crippen molar-refractivity contribution in [3.63, 3.8) is 0 Å². The molecule has 0 fully saturated rings. The van der Waals surface area contributed by atoms with Gasteiger partial charge in [-0.05, 0) is 36.5 Å². The quantitative estimate of drug-likeness (QED) is 0.721. The highest BCUT2D eigenvalue weighted by Gasteiger charge is 2.14. The fourth-order valence-electron chi connectivity index (χ4n) is 1.35. The smallest absolute Gasteiger partial charge is 0.119 e. The van der Waals surface area contributed by atoms with Crippen LogP contribution in [0.4, 0.5) is 0 Å². The number of rotatable bonds is 3. The third-order valence-electron chi connectivity index (χ3n) is 2.61. The molecule has 0 heterocycles. The van der Waals surface area contributed by atoms with E-state index in [4.69, 9.17) is 4.74 Å². The van der Waals surface area contributed by atoms with Crippen LogP contribution < -0.4 is 4.74 Å². The van der Waals surface area contributed by atoms with Crippen LogP contribution in [0.15, 0.2) is 24.3 Å². The van der Waals surface area contributed by atoms with Crippen LogP contribution in [0.1, 0.15) is 46.6 Å². The first-order valence-corrected chi connectivity index (χ1v) is 5.70. The molecule has 0 aliphatic carbocycles. The average Bonchev–Trinajstić information content (AvgIpc) is 2.17. The predicted molar refractivity (Wildman–Crippen MR) is 65.5 cm³/mol. The first kappa shape index (κ1) is 12.1. The fourth-order valence-corrected chi connectivity index (χ4v) is 1.35. The zero-order chi connectivity index (χ0) is 11.5. The van der Waals surface area contributed by atoms with E-state index in [0.29, 0.717) is 6.10 Å². The van der Waals surface area contributed by atoms with E-state index in [0.717, 1.165) is 12.2 Å². The number of ether oxygens (including phenoxy) is 1. The zero-order valence-corrected chi connectivity index (χ0v) is 10.5. The Hall–Kier alpha value is -0.980. The van der Waals surface area contributed by atoms with E-state index in [1.165, 1.54) is 5.56 Å². The van der Waals surface area contributed by atoms with Gasteiger partial charge in [-0.1, -0.05) is 39.8 Å². The Morgan fingerprint density at radius 2 is 1.93 bits per heavy atom. The summed E-state index contributed by atoms with van der Waals surface area (Å²) in [6, 6.07) is 8.40. The predicted octanol–water partition coefficient (Wildman–Crippen LogP) is 4.16. The molecule has 0 saturated carbocycles. The Bertz CT molecular complexity index is 309. The third kappa shape index (κ3) is 3.58. The SMILES string of the molecule is CC[C@@H](C)Oc1cccc(C(C)(C)C)c1. The molecule has 0 bridgehead atoms. The molecule has 0 aliphatic rings. The van der Waals surface area contributed by atoms with Gasteiger partial charge in [0.05, 0.1) is 6.10 Å². The van der Waals surface area contributed by atoms with Crippen LogP contribution in [-0.2, 0) is 5.41 Å². The van der Waals surface area contributed by atoms with Gasteiger partial charge in [0.2, 0.25) is 0 Å². The molecule has 0 radical (unpaired) electrons. The summed E-state index contributed by atoms with van der Waals surface area (Å²) < 4.78 is 5.80. The van der Waals surface area contributed by atoms with Crippen molar-refractivity contribution in [2.45, 2.75) is 52.6 Å². The van der Waals surface area contributed by atoms with Crippen molar-refractivity contribution in [1.29, 1.82) is 0 Å². The second kappa shape index (κ2) is 4.69. The molecule has 0 amide bonds. The molecule has 1 nitrogen and oxygen atoms in total. The second-order valence-corrected chi connectivity index (χ2v) is 5.11. The van der Waals surface area contributed by atoms with Crippen LogP contribution >= 0.6 is 0 Å². The summed E-state index contributed by atoms with van der Waals surface area (Å²) >= 11 is 0. The maximum absolute atomic E-state index is 5.80. The van der Waals surface area contributed by atoms with Gasteiger partial charge in [-0.2, -0.15) is 0 Å². The van der Waals surface area contributed by atoms with Gasteiger partial charge in [0, 0.05) is 0 Å². The maximum Gasteiger partial charge on any atom is 0.119 e. The Morgan fingerprint density at radius 1 is 1.27 bits per heavy atom. The second-order valence-electron chi connectivity index (χ2n) is 5.11. The van der Waals surface area contributed by atoms with E-state index in [1.807, 2.05) is 6.07 Å². The normalized spacial score (nSPS) is 13.7. The highest BCUT2D eigenvalue weighted by molar-refractivity contribution is 5.32. The lowest BCUT2D eigenvalue weighted by molar-refractivity contribution is 0.217. The molecule has 1 atom stereocenters. The van der Waals surface area contributed by atoms with Gasteiger partial charge in [0.15, 0.2) is 0 Å². The molecule has 0 unspecified atom stereocenters. The molecule has 15 heavy (non-hydrogen) atoms. The van der Waals surface area contributed by atoms with Crippen molar-refractivity contribution < 1.29 is 4.74 Å². The lowest BCUT2D eigenvalue weighted by atomic mass is 9.87. The zero-order valence-electron chi connectivity index (χ0n) is 10.5. The first-order chi connectivity index (χ1) is 6.93. The van der Waals surface area contributed by atoms with E-state index < -0.39 is 0 Å². The van der Waals surface area contributed by atoms with Crippen LogP contribution in [0.2, 0.25) is 0 Å². The van der Waals surface area contributed by atoms with Crippen molar-refractivity contribution in [2.24, 2.45) is 0 Å². The monoisotopic (exact) mass is 206 g/mol. The van der Waals surface area contributed by atoms with E-state index in [9.17, 15) is 0 Å². The Labute approximate surface area is 93.5 Å². The molecule has 1 heteroatoms. The minimum absolute atomic E-state index is 0.189. The van der Waals surface area contributed by atoms with Crippen molar-refractivity contribution >= 4 is 0 Å². The number of hydrogen-bond acceptors (Lipinski definition) is 1. The molecular weight excluding hydrogens is 184 g/mol. The third-order valence-corrected chi connectivity index (χ3v) is 2.61. The summed E-state index contributed by atoms with van der Waals surface area (Å²) in [4.78, 5) is 0. The fraction of sp³-hybridized carbons (Fsp3) is 0.571. The van der Waals surface area contributed by atoms with Crippen LogP contribution in [0.3, 0.4) is 0 Å². The molecule has 1 rings (SSSR count). The lowest BCUT2D eigenvalue weighted by Gasteiger charge is -2.20. The Kier molecular flexibility index (Phi) is 3.78. The summed E-state index contributed by atoms with van der Waals surface area (Å²) in [5, 5.41) is 0. The summed E-state index contributed by atoms with van der Waals surface area (Å²) in [5.41, 5.74) is 1.51. The van der Waals surface area contributed by atoms with Crippen molar-refractivity contribution in [3.8, 4) is 5.75 Å². The topological polar surface area (TPSA) is 9.23 Å². The molecule has 0 aromatic heterocycles. The van der Waals surface area contributed by atoms with Crippen molar-refractivity contribution in [3.05, 3.63) is 29.8 Å². The molecule has 0 N–H and O–H groups in total. The maximum atomic E-state index is 5.80. The Morgan fingerprint density at radius 3 is 2.47 bits per heavy atom. The lowest BCUT2D eigenvalue weighted by Crippen LogP contribution is -2.13. The van der Waals surface area contributed by atoms with Crippen LogP contribution in [0.25, 0.3) is 0 Å². The van der Waals surface area contributed by atoms with Crippen molar-refractivity contribution in [2.75, 3.05) is 0 Å². The number of hydrogen-bond donors (Lipinski definition) is 0. The molecule has 1 aromatic carbocycles. The molecule has 0 saturated heterocycles. The molecule has 84 valence electrons. The summed E-state index contributed by atoms with van der Waals surface area (Å²) in [6.45, 7) is 10.9. The molecule has 0 spiro atoms.